The molecule has 0 aliphatic rings. The Labute approximate surface area is 104 Å². The summed E-state index contributed by atoms with van der Waals surface area (Å²) in [7, 11) is 0. The first-order chi connectivity index (χ1) is 8.63. The maximum absolute atomic E-state index is 12.7. The molecule has 0 N–H and O–H groups in total. The summed E-state index contributed by atoms with van der Waals surface area (Å²) in [6.45, 7) is 0. The van der Waals surface area contributed by atoms with E-state index in [-0.39, 0.29) is 30.3 Å². The van der Waals surface area contributed by atoms with Crippen LogP contribution in [0, 0.1) is 11.6 Å². The van der Waals surface area contributed by atoms with Crippen molar-refractivity contribution in [2.45, 2.75) is 12.8 Å². The summed E-state index contributed by atoms with van der Waals surface area (Å²) >= 11 is 0. The van der Waals surface area contributed by atoms with Gasteiger partial charge in [0.1, 0.15) is 17.4 Å². The van der Waals surface area contributed by atoms with Crippen LogP contribution in [-0.2, 0) is 17.6 Å². The molecule has 0 radical (unpaired) electrons. The van der Waals surface area contributed by atoms with Crippen molar-refractivity contribution in [2.75, 3.05) is 0 Å². The number of carbonyl (C=O) groups is 1. The molecule has 1 nitrogen and oxygen atoms in total. The lowest BCUT2D eigenvalue weighted by atomic mass is 10.0. The molecule has 0 spiro atoms. The Balaban J connectivity index is 1.96. The van der Waals surface area contributed by atoms with Gasteiger partial charge in [-0.3, -0.25) is 4.79 Å². The fourth-order valence-electron chi connectivity index (χ4n) is 1.72. The minimum atomic E-state index is -0.315. The van der Waals surface area contributed by atoms with Crippen LogP contribution in [0.15, 0.2) is 48.5 Å². The van der Waals surface area contributed by atoms with Gasteiger partial charge in [0.25, 0.3) is 0 Å². The van der Waals surface area contributed by atoms with Gasteiger partial charge in [-0.2, -0.15) is 0 Å². The highest BCUT2D eigenvalue weighted by Gasteiger charge is 2.05. The molecule has 0 unspecified atom stereocenters. The van der Waals surface area contributed by atoms with Crippen LogP contribution in [0.25, 0.3) is 0 Å². The number of rotatable bonds is 4. The Morgan fingerprint density at radius 2 is 1.06 bits per heavy atom. The second-order valence-corrected chi connectivity index (χ2v) is 4.15. The minimum Gasteiger partial charge on any atom is -0.299 e. The van der Waals surface area contributed by atoms with E-state index in [1.165, 1.54) is 24.3 Å². The van der Waals surface area contributed by atoms with Gasteiger partial charge in [0.15, 0.2) is 0 Å². The number of halogens is 2. The molecule has 0 atom stereocenters. The maximum atomic E-state index is 12.7. The van der Waals surface area contributed by atoms with Gasteiger partial charge in [0, 0.05) is 12.8 Å². The second-order valence-electron chi connectivity index (χ2n) is 4.15. The summed E-state index contributed by atoms with van der Waals surface area (Å²) in [4.78, 5) is 11.8. The topological polar surface area (TPSA) is 17.1 Å². The van der Waals surface area contributed by atoms with E-state index in [9.17, 15) is 13.6 Å². The van der Waals surface area contributed by atoms with Crippen LogP contribution in [0.5, 0.6) is 0 Å². The third-order valence-electron chi connectivity index (χ3n) is 2.63. The van der Waals surface area contributed by atoms with E-state index >= 15 is 0 Å². The van der Waals surface area contributed by atoms with Gasteiger partial charge in [-0.25, -0.2) is 8.78 Å². The van der Waals surface area contributed by atoms with E-state index in [1.807, 2.05) is 0 Å². The fraction of sp³-hybridized carbons (Fsp3) is 0.133. The average molecular weight is 246 g/mol. The third-order valence-corrected chi connectivity index (χ3v) is 2.63. The van der Waals surface area contributed by atoms with Crippen LogP contribution >= 0.6 is 0 Å². The lowest BCUT2D eigenvalue weighted by Gasteiger charge is -2.02. The Morgan fingerprint density at radius 1 is 0.722 bits per heavy atom. The fourth-order valence-corrected chi connectivity index (χ4v) is 1.72. The molecular weight excluding hydrogens is 234 g/mol. The van der Waals surface area contributed by atoms with E-state index in [0.29, 0.717) is 0 Å². The predicted octanol–water partition coefficient (Wildman–Crippen LogP) is 3.32. The molecule has 2 rings (SSSR count). The van der Waals surface area contributed by atoms with E-state index in [0.717, 1.165) is 11.1 Å². The molecular formula is C15H12F2O. The van der Waals surface area contributed by atoms with Crippen molar-refractivity contribution in [3.8, 4) is 0 Å². The lowest BCUT2D eigenvalue weighted by Crippen LogP contribution is -2.06. The summed E-state index contributed by atoms with van der Waals surface area (Å²) in [5.74, 6) is -0.609. The zero-order chi connectivity index (χ0) is 13.0. The van der Waals surface area contributed by atoms with Gasteiger partial charge < -0.3 is 0 Å². The van der Waals surface area contributed by atoms with Gasteiger partial charge in [0.2, 0.25) is 0 Å². The number of hydrogen-bond acceptors (Lipinski definition) is 1. The van der Waals surface area contributed by atoms with Gasteiger partial charge >= 0.3 is 0 Å². The van der Waals surface area contributed by atoms with Crippen molar-refractivity contribution < 1.29 is 13.6 Å². The molecule has 0 amide bonds. The van der Waals surface area contributed by atoms with Crippen molar-refractivity contribution in [3.63, 3.8) is 0 Å². The third kappa shape index (κ3) is 3.48. The molecule has 0 saturated heterocycles. The summed E-state index contributed by atoms with van der Waals surface area (Å²) in [6, 6.07) is 11.7. The highest BCUT2D eigenvalue weighted by atomic mass is 19.1. The van der Waals surface area contributed by atoms with Gasteiger partial charge in [-0.05, 0) is 35.4 Å². The highest BCUT2D eigenvalue weighted by Crippen LogP contribution is 2.08. The first kappa shape index (κ1) is 12.4. The summed E-state index contributed by atoms with van der Waals surface area (Å²) in [6.07, 6.45) is 0.523. The first-order valence-corrected chi connectivity index (χ1v) is 5.64. The Kier molecular flexibility index (Phi) is 3.82. The summed E-state index contributed by atoms with van der Waals surface area (Å²) < 4.78 is 25.4. The summed E-state index contributed by atoms with van der Waals surface area (Å²) in [5, 5.41) is 0. The van der Waals surface area contributed by atoms with Gasteiger partial charge in [-0.1, -0.05) is 24.3 Å². The Morgan fingerprint density at radius 3 is 1.39 bits per heavy atom. The largest absolute Gasteiger partial charge is 0.299 e. The van der Waals surface area contributed by atoms with Crippen molar-refractivity contribution >= 4 is 5.78 Å². The smallest absolute Gasteiger partial charge is 0.141 e. The molecule has 2 aromatic carbocycles. The summed E-state index contributed by atoms with van der Waals surface area (Å²) in [5.41, 5.74) is 1.56. The van der Waals surface area contributed by atoms with Crippen molar-refractivity contribution in [2.24, 2.45) is 0 Å². The molecule has 0 fully saturated rings. The minimum absolute atomic E-state index is 0.0215. The zero-order valence-electron chi connectivity index (χ0n) is 9.70. The molecule has 18 heavy (non-hydrogen) atoms. The number of carbonyl (C=O) groups excluding carboxylic acids is 1. The standard InChI is InChI=1S/C15H12F2O/c16-13-5-1-11(2-6-13)9-15(18)10-12-3-7-14(17)8-4-12/h1-8H,9-10H2. The Hall–Kier alpha value is -2.03. The highest BCUT2D eigenvalue weighted by molar-refractivity contribution is 5.83. The van der Waals surface area contributed by atoms with Crippen LogP contribution in [0.2, 0.25) is 0 Å². The molecule has 3 heteroatoms. The molecule has 92 valence electrons. The molecule has 2 aromatic rings. The van der Waals surface area contributed by atoms with Crippen molar-refractivity contribution in [1.82, 2.24) is 0 Å². The quantitative estimate of drug-likeness (QED) is 0.808. The molecule has 0 aromatic heterocycles. The Bertz CT molecular complexity index is 480. The van der Waals surface area contributed by atoms with E-state index in [1.54, 1.807) is 24.3 Å². The van der Waals surface area contributed by atoms with Crippen molar-refractivity contribution in [3.05, 3.63) is 71.3 Å². The molecule has 0 heterocycles. The van der Waals surface area contributed by atoms with Crippen LogP contribution in [0.4, 0.5) is 8.78 Å². The van der Waals surface area contributed by atoms with Crippen LogP contribution < -0.4 is 0 Å². The normalized spacial score (nSPS) is 10.3. The number of hydrogen-bond donors (Lipinski definition) is 0. The molecule has 0 aliphatic heterocycles. The number of benzene rings is 2. The SMILES string of the molecule is O=C(Cc1ccc(F)cc1)Cc1ccc(F)cc1. The number of ketones is 1. The average Bonchev–Trinajstić information content (AvgIpc) is 2.35. The zero-order valence-corrected chi connectivity index (χ0v) is 9.70. The van der Waals surface area contributed by atoms with Gasteiger partial charge in [-0.15, -0.1) is 0 Å². The molecule has 0 bridgehead atoms. The lowest BCUT2D eigenvalue weighted by molar-refractivity contribution is -0.117. The monoisotopic (exact) mass is 246 g/mol. The van der Waals surface area contributed by atoms with Crippen LogP contribution in [0.3, 0.4) is 0 Å². The first-order valence-electron chi connectivity index (χ1n) is 5.64. The van der Waals surface area contributed by atoms with E-state index in [4.69, 9.17) is 0 Å². The molecule has 0 aliphatic carbocycles. The van der Waals surface area contributed by atoms with Crippen LogP contribution in [-0.4, -0.2) is 5.78 Å². The molecule has 0 saturated carbocycles. The van der Waals surface area contributed by atoms with Crippen LogP contribution in [0.1, 0.15) is 11.1 Å². The van der Waals surface area contributed by atoms with Gasteiger partial charge in [0.05, 0.1) is 0 Å². The maximum Gasteiger partial charge on any atom is 0.141 e. The number of Topliss-reactive ketones (excluding diaryl/α,β-unsaturated/α-hetero) is 1. The predicted molar refractivity (Wildman–Crippen MR) is 65.2 cm³/mol. The van der Waals surface area contributed by atoms with E-state index < -0.39 is 0 Å². The van der Waals surface area contributed by atoms with Crippen molar-refractivity contribution in [1.29, 1.82) is 0 Å². The van der Waals surface area contributed by atoms with E-state index in [2.05, 4.69) is 0 Å². The second kappa shape index (κ2) is 5.54.